The number of hydrogen-bond acceptors (Lipinski definition) is 4. The zero-order chi connectivity index (χ0) is 17.7. The number of nitrogens with zero attached hydrogens (tertiary/aromatic N) is 2. The van der Waals surface area contributed by atoms with Gasteiger partial charge in [-0.25, -0.2) is 10.9 Å². The molecule has 0 saturated heterocycles. The van der Waals surface area contributed by atoms with Crippen molar-refractivity contribution in [1.29, 1.82) is 0 Å². The molecule has 2 saturated carbocycles. The summed E-state index contributed by atoms with van der Waals surface area (Å²) in [6, 6.07) is 0. The van der Waals surface area contributed by atoms with Crippen molar-refractivity contribution in [2.45, 2.75) is 96.3 Å². The van der Waals surface area contributed by atoms with Crippen LogP contribution < -0.4 is 10.9 Å². The van der Waals surface area contributed by atoms with Crippen LogP contribution in [0.4, 0.5) is 0 Å². The van der Waals surface area contributed by atoms with Gasteiger partial charge in [-0.15, -0.1) is 0 Å². The lowest BCUT2D eigenvalue weighted by molar-refractivity contribution is -0.122. The molecule has 0 spiro atoms. The molecule has 2 fully saturated rings. The molecule has 2 rings (SSSR count). The van der Waals surface area contributed by atoms with E-state index in [1.807, 2.05) is 0 Å². The van der Waals surface area contributed by atoms with Crippen molar-refractivity contribution in [1.82, 2.24) is 10.9 Å². The molecule has 2 amide bonds. The maximum atomic E-state index is 11.8. The van der Waals surface area contributed by atoms with Crippen LogP contribution in [0.3, 0.4) is 0 Å². The zero-order valence-electron chi connectivity index (χ0n) is 15.3. The molecule has 0 aliphatic heterocycles. The van der Waals surface area contributed by atoms with Crippen molar-refractivity contribution in [3.05, 3.63) is 0 Å². The van der Waals surface area contributed by atoms with E-state index in [2.05, 4.69) is 21.1 Å². The van der Waals surface area contributed by atoms with Gasteiger partial charge in [-0.05, 0) is 57.8 Å². The smallest absolute Gasteiger partial charge is 0.240 e. The largest absolute Gasteiger partial charge is 0.273 e. The fourth-order valence-electron chi connectivity index (χ4n) is 3.30. The van der Waals surface area contributed by atoms with Crippen molar-refractivity contribution in [3.63, 3.8) is 0 Å². The van der Waals surface area contributed by atoms with Gasteiger partial charge in [-0.1, -0.05) is 25.7 Å². The van der Waals surface area contributed by atoms with Gasteiger partial charge in [0.2, 0.25) is 11.8 Å². The highest BCUT2D eigenvalue weighted by Crippen LogP contribution is 2.15. The molecule has 0 bridgehead atoms. The number of hydrazone groups is 2. The van der Waals surface area contributed by atoms with Crippen molar-refractivity contribution in [3.8, 4) is 0 Å². The summed E-state index contributed by atoms with van der Waals surface area (Å²) in [6.07, 6.45) is 14.8. The first-order chi connectivity index (χ1) is 12.2. The van der Waals surface area contributed by atoms with Crippen LogP contribution in [0.5, 0.6) is 0 Å². The highest BCUT2D eigenvalue weighted by Gasteiger charge is 2.09. The summed E-state index contributed by atoms with van der Waals surface area (Å²) in [5.41, 5.74) is 7.47. The van der Waals surface area contributed by atoms with Gasteiger partial charge < -0.3 is 0 Å². The number of carbonyl (C=O) groups excluding carboxylic acids is 2. The second-order valence-electron chi connectivity index (χ2n) is 7.11. The predicted molar refractivity (Wildman–Crippen MR) is 100 cm³/mol. The lowest BCUT2D eigenvalue weighted by Gasteiger charge is -2.05. The Balaban J connectivity index is 1.59. The standard InChI is InChI=1S/C19H32N4O2/c24-18(22-20-16-10-5-1-2-6-11-16)14-9-15-19(25)23-21-17-12-7-3-4-8-13-17/h1-15H2,(H,22,24)(H,23,25). The summed E-state index contributed by atoms with van der Waals surface area (Å²) in [7, 11) is 0. The summed E-state index contributed by atoms with van der Waals surface area (Å²) < 4.78 is 0. The number of carbonyl (C=O) groups is 2. The van der Waals surface area contributed by atoms with Gasteiger partial charge in [-0.2, -0.15) is 10.2 Å². The lowest BCUT2D eigenvalue weighted by atomic mass is 10.2. The third-order valence-electron chi connectivity index (χ3n) is 4.85. The second kappa shape index (κ2) is 11.8. The van der Waals surface area contributed by atoms with Crippen LogP contribution in [0.2, 0.25) is 0 Å². The molecule has 2 N–H and O–H groups in total. The third kappa shape index (κ3) is 8.79. The molecule has 0 aromatic heterocycles. The first kappa shape index (κ1) is 19.6. The topological polar surface area (TPSA) is 82.9 Å². The van der Waals surface area contributed by atoms with E-state index in [0.717, 1.165) is 62.8 Å². The Labute approximate surface area is 150 Å². The van der Waals surface area contributed by atoms with Crippen molar-refractivity contribution in [2.24, 2.45) is 10.2 Å². The monoisotopic (exact) mass is 348 g/mol. The van der Waals surface area contributed by atoms with Crippen LogP contribution >= 0.6 is 0 Å². The van der Waals surface area contributed by atoms with E-state index in [9.17, 15) is 9.59 Å². The molecule has 0 unspecified atom stereocenters. The van der Waals surface area contributed by atoms with E-state index in [1.54, 1.807) is 0 Å². The normalized spacial score (nSPS) is 18.7. The minimum Gasteiger partial charge on any atom is -0.273 e. The molecular weight excluding hydrogens is 316 g/mol. The first-order valence-electron chi connectivity index (χ1n) is 9.92. The van der Waals surface area contributed by atoms with Crippen molar-refractivity contribution in [2.75, 3.05) is 0 Å². The lowest BCUT2D eigenvalue weighted by Crippen LogP contribution is -2.22. The summed E-state index contributed by atoms with van der Waals surface area (Å²) >= 11 is 0. The Morgan fingerprint density at radius 2 is 1.00 bits per heavy atom. The Bertz CT molecular complexity index is 436. The molecule has 0 atom stereocenters. The van der Waals surface area contributed by atoms with Gasteiger partial charge in [0.25, 0.3) is 0 Å². The first-order valence-corrected chi connectivity index (χ1v) is 9.92. The Morgan fingerprint density at radius 1 is 0.640 bits per heavy atom. The van der Waals surface area contributed by atoms with Gasteiger partial charge in [0.15, 0.2) is 0 Å². The van der Waals surface area contributed by atoms with Crippen molar-refractivity contribution < 1.29 is 9.59 Å². The Kier molecular flexibility index (Phi) is 9.23. The number of rotatable bonds is 6. The van der Waals surface area contributed by atoms with E-state index in [1.165, 1.54) is 25.7 Å². The molecular formula is C19H32N4O2. The van der Waals surface area contributed by atoms with Crippen LogP contribution in [-0.2, 0) is 9.59 Å². The van der Waals surface area contributed by atoms with Gasteiger partial charge in [0.1, 0.15) is 0 Å². The van der Waals surface area contributed by atoms with Crippen LogP contribution in [-0.4, -0.2) is 23.2 Å². The molecule has 6 nitrogen and oxygen atoms in total. The van der Waals surface area contributed by atoms with E-state index in [4.69, 9.17) is 0 Å². The molecule has 0 aromatic rings. The fourth-order valence-corrected chi connectivity index (χ4v) is 3.30. The molecule has 25 heavy (non-hydrogen) atoms. The fraction of sp³-hybridized carbons (Fsp3) is 0.789. The SMILES string of the molecule is O=C(CCCC(=O)NN=C1CCCCCC1)NN=C1CCCCCC1. The summed E-state index contributed by atoms with van der Waals surface area (Å²) in [6.45, 7) is 0. The van der Waals surface area contributed by atoms with Crippen LogP contribution in [0.25, 0.3) is 0 Å². The molecule has 140 valence electrons. The highest BCUT2D eigenvalue weighted by molar-refractivity contribution is 5.87. The maximum Gasteiger partial charge on any atom is 0.240 e. The highest BCUT2D eigenvalue weighted by atomic mass is 16.2. The molecule has 2 aliphatic rings. The maximum absolute atomic E-state index is 11.8. The molecule has 0 heterocycles. The van der Waals surface area contributed by atoms with Crippen LogP contribution in [0, 0.1) is 0 Å². The van der Waals surface area contributed by atoms with E-state index >= 15 is 0 Å². The van der Waals surface area contributed by atoms with Crippen LogP contribution in [0.15, 0.2) is 10.2 Å². The predicted octanol–water partition coefficient (Wildman–Crippen LogP) is 3.81. The summed E-state index contributed by atoms with van der Waals surface area (Å²) in [5, 5.41) is 8.48. The van der Waals surface area contributed by atoms with Gasteiger partial charge in [0, 0.05) is 24.3 Å². The van der Waals surface area contributed by atoms with Crippen molar-refractivity contribution >= 4 is 23.2 Å². The minimum absolute atomic E-state index is 0.111. The average Bonchev–Trinajstić information content (AvgIpc) is 3.03. The van der Waals surface area contributed by atoms with E-state index < -0.39 is 0 Å². The second-order valence-corrected chi connectivity index (χ2v) is 7.11. The minimum atomic E-state index is -0.111. The zero-order valence-corrected chi connectivity index (χ0v) is 15.3. The molecule has 6 heteroatoms. The summed E-state index contributed by atoms with van der Waals surface area (Å²) in [5.74, 6) is -0.223. The Morgan fingerprint density at radius 3 is 1.36 bits per heavy atom. The quantitative estimate of drug-likeness (QED) is 0.565. The third-order valence-corrected chi connectivity index (χ3v) is 4.85. The summed E-state index contributed by atoms with van der Waals surface area (Å²) in [4.78, 5) is 23.6. The molecule has 0 radical (unpaired) electrons. The Hall–Kier alpha value is -1.72. The van der Waals surface area contributed by atoms with Gasteiger partial charge in [-0.3, -0.25) is 9.59 Å². The van der Waals surface area contributed by atoms with Gasteiger partial charge >= 0.3 is 0 Å². The number of nitrogens with one attached hydrogen (secondary N) is 2. The average molecular weight is 348 g/mol. The molecule has 2 aliphatic carbocycles. The van der Waals surface area contributed by atoms with Gasteiger partial charge in [0.05, 0.1) is 0 Å². The van der Waals surface area contributed by atoms with Crippen LogP contribution in [0.1, 0.15) is 96.3 Å². The van der Waals surface area contributed by atoms with E-state index in [0.29, 0.717) is 19.3 Å². The number of hydrogen-bond donors (Lipinski definition) is 2. The molecule has 0 aromatic carbocycles. The number of amides is 2. The van der Waals surface area contributed by atoms with E-state index in [-0.39, 0.29) is 11.8 Å².